The van der Waals surface area contributed by atoms with Gasteiger partial charge in [0.2, 0.25) is 10.0 Å². The molecule has 0 saturated carbocycles. The lowest BCUT2D eigenvalue weighted by Gasteiger charge is -2.25. The summed E-state index contributed by atoms with van der Waals surface area (Å²) in [4.78, 5) is 10.7. The van der Waals surface area contributed by atoms with Crippen LogP contribution in [0.2, 0.25) is 0 Å². The Morgan fingerprint density at radius 2 is 2.19 bits per heavy atom. The summed E-state index contributed by atoms with van der Waals surface area (Å²) >= 11 is 0. The molecule has 1 aliphatic rings. The van der Waals surface area contributed by atoms with Crippen LogP contribution in [-0.2, 0) is 21.4 Å². The van der Waals surface area contributed by atoms with Gasteiger partial charge < -0.3 is 5.11 Å². The Hall–Kier alpha value is -1.41. The van der Waals surface area contributed by atoms with Crippen molar-refractivity contribution in [1.82, 2.24) is 14.1 Å². The molecule has 2 heterocycles. The highest BCUT2D eigenvalue weighted by molar-refractivity contribution is 7.89. The van der Waals surface area contributed by atoms with E-state index < -0.39 is 16.0 Å². The molecule has 1 aromatic heterocycles. The van der Waals surface area contributed by atoms with E-state index in [2.05, 4.69) is 5.10 Å². The van der Waals surface area contributed by atoms with Crippen LogP contribution in [0.4, 0.5) is 0 Å². The number of carboxylic acids is 1. The van der Waals surface area contributed by atoms with Gasteiger partial charge in [0.1, 0.15) is 4.90 Å². The summed E-state index contributed by atoms with van der Waals surface area (Å²) in [5.74, 6) is -0.934. The van der Waals surface area contributed by atoms with Crippen molar-refractivity contribution in [2.75, 3.05) is 6.54 Å². The molecule has 2 rings (SSSR count). The van der Waals surface area contributed by atoms with Crippen molar-refractivity contribution in [1.29, 1.82) is 0 Å². The van der Waals surface area contributed by atoms with Crippen molar-refractivity contribution >= 4 is 16.0 Å². The van der Waals surface area contributed by atoms with Gasteiger partial charge in [0.05, 0.1) is 19.2 Å². The van der Waals surface area contributed by atoms with Crippen LogP contribution >= 0.6 is 0 Å². The van der Waals surface area contributed by atoms with Crippen LogP contribution < -0.4 is 0 Å². The summed E-state index contributed by atoms with van der Waals surface area (Å²) in [5.41, 5.74) is 0. The third-order valence-electron chi connectivity index (χ3n) is 3.76. The molecular weight excluding hydrogens is 294 g/mol. The molecule has 118 valence electrons. The molecule has 0 aromatic carbocycles. The van der Waals surface area contributed by atoms with E-state index in [9.17, 15) is 13.2 Å². The Bertz CT molecular complexity index is 596. The molecule has 1 unspecified atom stereocenters. The molecule has 0 spiro atoms. The predicted molar refractivity (Wildman–Crippen MR) is 76.3 cm³/mol. The minimum absolute atomic E-state index is 0.0140. The van der Waals surface area contributed by atoms with E-state index in [-0.39, 0.29) is 23.9 Å². The number of carboxylic acid groups (broad SMARTS) is 1. The summed E-state index contributed by atoms with van der Waals surface area (Å²) in [7, 11) is -3.55. The van der Waals surface area contributed by atoms with E-state index >= 15 is 0 Å². The van der Waals surface area contributed by atoms with E-state index in [0.29, 0.717) is 6.54 Å². The molecule has 0 radical (unpaired) electrons. The lowest BCUT2D eigenvalue weighted by molar-refractivity contribution is -0.137. The Kier molecular flexibility index (Phi) is 5.00. The molecule has 7 nitrogen and oxygen atoms in total. The van der Waals surface area contributed by atoms with Gasteiger partial charge in [-0.1, -0.05) is 12.8 Å². The quantitative estimate of drug-likeness (QED) is 0.884. The number of sulfonamides is 1. The normalized spacial score (nSPS) is 21.1. The van der Waals surface area contributed by atoms with Crippen LogP contribution in [0.1, 0.15) is 39.0 Å². The van der Waals surface area contributed by atoms with E-state index in [4.69, 9.17) is 5.11 Å². The summed E-state index contributed by atoms with van der Waals surface area (Å²) in [6.07, 6.45) is 6.47. The van der Waals surface area contributed by atoms with E-state index in [0.717, 1.165) is 25.7 Å². The highest BCUT2D eigenvalue weighted by Gasteiger charge is 2.30. The third-order valence-corrected chi connectivity index (χ3v) is 5.73. The summed E-state index contributed by atoms with van der Waals surface area (Å²) in [6.45, 7) is 2.63. The molecule has 21 heavy (non-hydrogen) atoms. The number of carbonyl (C=O) groups is 1. The zero-order chi connectivity index (χ0) is 15.5. The summed E-state index contributed by atoms with van der Waals surface area (Å²) in [6, 6.07) is -0.0140. The maximum absolute atomic E-state index is 12.7. The average Bonchev–Trinajstić information content (AvgIpc) is 2.79. The number of nitrogens with zero attached hydrogens (tertiary/aromatic N) is 3. The number of hydrogen-bond donors (Lipinski definition) is 1. The summed E-state index contributed by atoms with van der Waals surface area (Å²) < 4.78 is 28.2. The van der Waals surface area contributed by atoms with Gasteiger partial charge in [0.25, 0.3) is 0 Å². The predicted octanol–water partition coefficient (Wildman–Crippen LogP) is 1.31. The standard InChI is InChI=1S/C13H21N3O4S/c1-11-5-3-2-4-7-16(11)21(19,20)12-9-14-15(10-12)8-6-13(17)18/h9-11H,2-8H2,1H3,(H,17,18). The first-order valence-electron chi connectivity index (χ1n) is 7.17. The minimum atomic E-state index is -3.55. The van der Waals surface area contributed by atoms with Gasteiger partial charge in [0, 0.05) is 18.8 Å². The highest BCUT2D eigenvalue weighted by atomic mass is 32.2. The third kappa shape index (κ3) is 3.82. The monoisotopic (exact) mass is 315 g/mol. The number of aryl methyl sites for hydroxylation is 1. The molecule has 1 saturated heterocycles. The van der Waals surface area contributed by atoms with Crippen molar-refractivity contribution < 1.29 is 18.3 Å². The first-order chi connectivity index (χ1) is 9.91. The molecule has 1 aromatic rings. The highest BCUT2D eigenvalue weighted by Crippen LogP contribution is 2.24. The minimum Gasteiger partial charge on any atom is -0.481 e. The van der Waals surface area contributed by atoms with Crippen LogP contribution in [0.25, 0.3) is 0 Å². The SMILES string of the molecule is CC1CCCCCN1S(=O)(=O)c1cnn(CCC(=O)O)c1. The van der Waals surface area contributed by atoms with Gasteiger partial charge in [-0.25, -0.2) is 8.42 Å². The molecular formula is C13H21N3O4S. The maximum Gasteiger partial charge on any atom is 0.305 e. The molecule has 0 amide bonds. The lowest BCUT2D eigenvalue weighted by atomic mass is 10.1. The van der Waals surface area contributed by atoms with Gasteiger partial charge in [-0.15, -0.1) is 0 Å². The smallest absolute Gasteiger partial charge is 0.305 e. The number of aliphatic carboxylic acids is 1. The molecule has 0 aliphatic carbocycles. The lowest BCUT2D eigenvalue weighted by Crippen LogP contribution is -2.38. The zero-order valence-corrected chi connectivity index (χ0v) is 12.9. The number of aromatic nitrogens is 2. The molecule has 1 fully saturated rings. The first-order valence-corrected chi connectivity index (χ1v) is 8.61. The summed E-state index contributed by atoms with van der Waals surface area (Å²) in [5, 5.41) is 12.6. The Labute approximate surface area is 124 Å². The second-order valence-electron chi connectivity index (χ2n) is 5.40. The van der Waals surface area contributed by atoms with Gasteiger partial charge in [-0.2, -0.15) is 9.40 Å². The maximum atomic E-state index is 12.7. The van der Waals surface area contributed by atoms with Crippen molar-refractivity contribution in [3.8, 4) is 0 Å². The van der Waals surface area contributed by atoms with Crippen molar-refractivity contribution in [3.05, 3.63) is 12.4 Å². The van der Waals surface area contributed by atoms with Crippen molar-refractivity contribution in [2.45, 2.75) is 56.5 Å². The van der Waals surface area contributed by atoms with E-state index in [1.165, 1.54) is 17.1 Å². The van der Waals surface area contributed by atoms with Crippen molar-refractivity contribution in [3.63, 3.8) is 0 Å². The molecule has 8 heteroatoms. The Morgan fingerprint density at radius 1 is 1.43 bits per heavy atom. The van der Waals surface area contributed by atoms with Crippen molar-refractivity contribution in [2.24, 2.45) is 0 Å². The van der Waals surface area contributed by atoms with Crippen LogP contribution in [-0.4, -0.2) is 46.2 Å². The van der Waals surface area contributed by atoms with Gasteiger partial charge in [-0.3, -0.25) is 9.48 Å². The van der Waals surface area contributed by atoms with E-state index in [1.54, 1.807) is 4.31 Å². The van der Waals surface area contributed by atoms with Crippen LogP contribution in [0.15, 0.2) is 17.3 Å². The average molecular weight is 315 g/mol. The fourth-order valence-electron chi connectivity index (χ4n) is 2.55. The van der Waals surface area contributed by atoms with Crippen LogP contribution in [0, 0.1) is 0 Å². The largest absolute Gasteiger partial charge is 0.481 e. The van der Waals surface area contributed by atoms with Gasteiger partial charge >= 0.3 is 5.97 Å². The second-order valence-corrected chi connectivity index (χ2v) is 7.29. The zero-order valence-electron chi connectivity index (χ0n) is 12.1. The Balaban J connectivity index is 2.16. The van der Waals surface area contributed by atoms with Gasteiger partial charge in [-0.05, 0) is 19.8 Å². The van der Waals surface area contributed by atoms with E-state index in [1.807, 2.05) is 6.92 Å². The molecule has 1 atom stereocenters. The fourth-order valence-corrected chi connectivity index (χ4v) is 4.21. The second kappa shape index (κ2) is 6.57. The number of hydrogen-bond acceptors (Lipinski definition) is 4. The Morgan fingerprint density at radius 3 is 2.90 bits per heavy atom. The molecule has 1 aliphatic heterocycles. The van der Waals surface area contributed by atoms with Crippen LogP contribution in [0.5, 0.6) is 0 Å². The molecule has 0 bridgehead atoms. The number of rotatable bonds is 5. The molecule has 1 N–H and O–H groups in total. The topological polar surface area (TPSA) is 92.5 Å². The van der Waals surface area contributed by atoms with Crippen LogP contribution in [0.3, 0.4) is 0 Å². The fraction of sp³-hybridized carbons (Fsp3) is 0.692. The van der Waals surface area contributed by atoms with Gasteiger partial charge in [0.15, 0.2) is 0 Å². The first kappa shape index (κ1) is 16.0.